The minimum Gasteiger partial charge on any atom is -0.497 e. The lowest BCUT2D eigenvalue weighted by molar-refractivity contribution is 0.414. The van der Waals surface area contributed by atoms with Crippen molar-refractivity contribution in [3.63, 3.8) is 0 Å². The van der Waals surface area contributed by atoms with E-state index < -0.39 is 0 Å². The number of benzene rings is 2. The van der Waals surface area contributed by atoms with E-state index in [0.29, 0.717) is 11.8 Å². The van der Waals surface area contributed by atoms with Crippen molar-refractivity contribution >= 4 is 17.0 Å². The lowest BCUT2D eigenvalue weighted by atomic mass is 10.2. The first kappa shape index (κ1) is 16.1. The molecule has 0 amide bonds. The molecule has 0 saturated carbocycles. The molecule has 2 heterocycles. The molecule has 0 unspecified atom stereocenters. The molecule has 0 fully saturated rings. The predicted octanol–water partition coefficient (Wildman–Crippen LogP) is 3.67. The molecular weight excluding hydrogens is 330 g/mol. The van der Waals surface area contributed by atoms with E-state index in [2.05, 4.69) is 25.4 Å². The number of nitrogens with one attached hydrogen (secondary N) is 2. The van der Waals surface area contributed by atoms with Crippen molar-refractivity contribution in [2.75, 3.05) is 19.0 Å². The van der Waals surface area contributed by atoms with Crippen LogP contribution >= 0.6 is 0 Å². The predicted molar refractivity (Wildman–Crippen MR) is 99.2 cm³/mol. The second-order valence-electron chi connectivity index (χ2n) is 5.89. The summed E-state index contributed by atoms with van der Waals surface area (Å²) in [6.07, 6.45) is 1.75. The summed E-state index contributed by atoms with van der Waals surface area (Å²) in [5.41, 5.74) is 2.91. The summed E-state index contributed by atoms with van der Waals surface area (Å²) >= 11 is 0. The number of H-pyrrole nitrogens is 1. The van der Waals surface area contributed by atoms with Gasteiger partial charge in [0.05, 0.1) is 18.1 Å². The van der Waals surface area contributed by atoms with Gasteiger partial charge < -0.3 is 19.6 Å². The average Bonchev–Trinajstić information content (AvgIpc) is 3.32. The number of ether oxygens (including phenoxy) is 1. The number of rotatable bonds is 7. The molecule has 0 saturated heterocycles. The fourth-order valence-corrected chi connectivity index (χ4v) is 2.75. The van der Waals surface area contributed by atoms with E-state index in [0.717, 1.165) is 47.6 Å². The number of nitrogens with zero attached hydrogens (tertiary/aromatic N) is 3. The number of aromatic amines is 1. The summed E-state index contributed by atoms with van der Waals surface area (Å²) in [6, 6.07) is 16.0. The summed E-state index contributed by atoms with van der Waals surface area (Å²) in [6.45, 7) is 0.719. The molecule has 4 aromatic rings. The first-order valence-electron chi connectivity index (χ1n) is 8.47. The quantitative estimate of drug-likeness (QED) is 0.495. The van der Waals surface area contributed by atoms with E-state index in [9.17, 15) is 0 Å². The van der Waals surface area contributed by atoms with E-state index in [1.54, 1.807) is 7.11 Å². The third kappa shape index (κ3) is 3.51. The molecule has 2 N–H and O–H groups in total. The molecule has 0 atom stereocenters. The molecule has 2 aromatic heterocycles. The zero-order chi connectivity index (χ0) is 17.8. The molecule has 2 aromatic carbocycles. The van der Waals surface area contributed by atoms with Crippen LogP contribution in [-0.4, -0.2) is 33.8 Å². The summed E-state index contributed by atoms with van der Waals surface area (Å²) in [7, 11) is 1.63. The van der Waals surface area contributed by atoms with E-state index in [4.69, 9.17) is 9.26 Å². The smallest absolute Gasteiger partial charge is 0.321 e. The van der Waals surface area contributed by atoms with E-state index in [1.165, 1.54) is 0 Å². The minimum atomic E-state index is 0.410. The van der Waals surface area contributed by atoms with Gasteiger partial charge in [0.2, 0.25) is 5.82 Å². The van der Waals surface area contributed by atoms with Crippen molar-refractivity contribution in [2.45, 2.75) is 12.8 Å². The lowest BCUT2D eigenvalue weighted by Gasteiger charge is -2.00. The molecule has 26 heavy (non-hydrogen) atoms. The van der Waals surface area contributed by atoms with Gasteiger partial charge in [-0.25, -0.2) is 4.98 Å². The van der Waals surface area contributed by atoms with Crippen molar-refractivity contribution in [3.8, 4) is 17.1 Å². The number of para-hydroxylation sites is 2. The van der Waals surface area contributed by atoms with E-state index in [1.807, 2.05) is 48.5 Å². The number of hydrogen-bond acceptors (Lipinski definition) is 6. The first-order valence-corrected chi connectivity index (χ1v) is 8.47. The third-order valence-electron chi connectivity index (χ3n) is 4.06. The Balaban J connectivity index is 1.31. The topological polar surface area (TPSA) is 88.9 Å². The Hall–Kier alpha value is -3.35. The SMILES string of the molecule is COc1cccc(-c2noc(NCCCc3nc4ccccc4[nH]3)n2)c1. The highest BCUT2D eigenvalue weighted by Crippen LogP contribution is 2.22. The number of fused-ring (bicyclic) bond motifs is 1. The lowest BCUT2D eigenvalue weighted by Crippen LogP contribution is -2.03. The van der Waals surface area contributed by atoms with Gasteiger partial charge in [0.15, 0.2) is 0 Å². The van der Waals surface area contributed by atoms with Crippen molar-refractivity contribution in [1.29, 1.82) is 0 Å². The highest BCUT2D eigenvalue weighted by Gasteiger charge is 2.09. The minimum absolute atomic E-state index is 0.410. The Bertz CT molecular complexity index is 975. The first-order chi connectivity index (χ1) is 12.8. The van der Waals surface area contributed by atoms with Gasteiger partial charge in [-0.05, 0) is 30.7 Å². The number of imidazole rings is 1. The van der Waals surface area contributed by atoms with Crippen molar-refractivity contribution in [2.24, 2.45) is 0 Å². The average molecular weight is 349 g/mol. The van der Waals surface area contributed by atoms with Crippen LogP contribution in [0.1, 0.15) is 12.2 Å². The maximum absolute atomic E-state index is 5.26. The van der Waals surface area contributed by atoms with Gasteiger partial charge >= 0.3 is 6.01 Å². The zero-order valence-electron chi connectivity index (χ0n) is 14.4. The Morgan fingerprint density at radius 3 is 2.92 bits per heavy atom. The van der Waals surface area contributed by atoms with Gasteiger partial charge in [0.25, 0.3) is 0 Å². The summed E-state index contributed by atoms with van der Waals surface area (Å²) in [4.78, 5) is 12.3. The van der Waals surface area contributed by atoms with Crippen LogP contribution in [0.2, 0.25) is 0 Å². The Kier molecular flexibility index (Phi) is 4.51. The van der Waals surface area contributed by atoms with Gasteiger partial charge in [-0.15, -0.1) is 0 Å². The van der Waals surface area contributed by atoms with Gasteiger partial charge in [-0.1, -0.05) is 29.4 Å². The molecule has 7 heteroatoms. The Morgan fingerprint density at radius 2 is 2.04 bits per heavy atom. The van der Waals surface area contributed by atoms with Crippen LogP contribution in [0.3, 0.4) is 0 Å². The maximum Gasteiger partial charge on any atom is 0.321 e. The second kappa shape index (κ2) is 7.26. The molecule has 0 aliphatic heterocycles. The van der Waals surface area contributed by atoms with Gasteiger partial charge in [-0.3, -0.25) is 0 Å². The largest absolute Gasteiger partial charge is 0.497 e. The van der Waals surface area contributed by atoms with Crippen LogP contribution < -0.4 is 10.1 Å². The van der Waals surface area contributed by atoms with Gasteiger partial charge in [0, 0.05) is 18.5 Å². The van der Waals surface area contributed by atoms with Crippen molar-refractivity contribution in [3.05, 3.63) is 54.4 Å². The summed E-state index contributed by atoms with van der Waals surface area (Å²) < 4.78 is 10.5. The molecule has 0 spiro atoms. The standard InChI is InChI=1S/C19H19N5O2/c1-25-14-7-4-6-13(12-14)18-23-19(26-24-18)20-11-5-10-17-21-15-8-2-3-9-16(15)22-17/h2-4,6-9,12H,5,10-11H2,1H3,(H,21,22)(H,20,23,24). The third-order valence-corrected chi connectivity index (χ3v) is 4.06. The fraction of sp³-hybridized carbons (Fsp3) is 0.211. The molecular formula is C19H19N5O2. The van der Waals surface area contributed by atoms with Crippen LogP contribution in [0.4, 0.5) is 6.01 Å². The van der Waals surface area contributed by atoms with Crippen LogP contribution in [0.5, 0.6) is 5.75 Å². The normalized spacial score (nSPS) is 11.0. The maximum atomic E-state index is 5.26. The van der Waals surface area contributed by atoms with Crippen LogP contribution in [0, 0.1) is 0 Å². The molecule has 0 radical (unpaired) electrons. The van der Waals surface area contributed by atoms with Gasteiger partial charge in [-0.2, -0.15) is 4.98 Å². The Labute approximate surface area is 150 Å². The molecule has 132 valence electrons. The summed E-state index contributed by atoms with van der Waals surface area (Å²) in [5, 5.41) is 7.16. The molecule has 4 rings (SSSR count). The van der Waals surface area contributed by atoms with E-state index in [-0.39, 0.29) is 0 Å². The van der Waals surface area contributed by atoms with Crippen LogP contribution in [0.25, 0.3) is 22.4 Å². The van der Waals surface area contributed by atoms with Crippen molar-refractivity contribution in [1.82, 2.24) is 20.1 Å². The molecule has 0 aliphatic carbocycles. The number of anilines is 1. The second-order valence-corrected chi connectivity index (χ2v) is 5.89. The zero-order valence-corrected chi connectivity index (χ0v) is 14.4. The van der Waals surface area contributed by atoms with Gasteiger partial charge in [0.1, 0.15) is 11.6 Å². The molecule has 0 aliphatic rings. The fourth-order valence-electron chi connectivity index (χ4n) is 2.75. The monoisotopic (exact) mass is 349 g/mol. The highest BCUT2D eigenvalue weighted by molar-refractivity contribution is 5.74. The molecule has 7 nitrogen and oxygen atoms in total. The van der Waals surface area contributed by atoms with Crippen molar-refractivity contribution < 1.29 is 9.26 Å². The number of hydrogen-bond donors (Lipinski definition) is 2. The van der Waals surface area contributed by atoms with Crippen LogP contribution in [-0.2, 0) is 6.42 Å². The van der Waals surface area contributed by atoms with Crippen LogP contribution in [0.15, 0.2) is 53.1 Å². The number of aryl methyl sites for hydroxylation is 1. The summed E-state index contributed by atoms with van der Waals surface area (Å²) in [5.74, 6) is 2.27. The molecule has 0 bridgehead atoms. The number of aromatic nitrogens is 4. The van der Waals surface area contributed by atoms with E-state index >= 15 is 0 Å². The Morgan fingerprint density at radius 1 is 1.12 bits per heavy atom. The highest BCUT2D eigenvalue weighted by atomic mass is 16.5. The number of methoxy groups -OCH3 is 1.